The molecular formula is C20H17ClN4O2S. The van der Waals surface area contributed by atoms with Crippen LogP contribution in [0.2, 0.25) is 5.02 Å². The number of hydrogen-bond acceptors (Lipinski definition) is 7. The van der Waals surface area contributed by atoms with E-state index < -0.39 is 0 Å². The summed E-state index contributed by atoms with van der Waals surface area (Å²) in [4.78, 5) is 4.44. The minimum Gasteiger partial charge on any atom is -0.411 e. The molecule has 0 amide bonds. The summed E-state index contributed by atoms with van der Waals surface area (Å²) >= 11 is 7.34. The van der Waals surface area contributed by atoms with Crippen molar-refractivity contribution in [2.75, 3.05) is 0 Å². The molecule has 4 aromatic rings. The number of rotatable bonds is 6. The van der Waals surface area contributed by atoms with Gasteiger partial charge in [-0.1, -0.05) is 72.7 Å². The number of thioether (sulfide) groups is 1. The van der Waals surface area contributed by atoms with Crippen molar-refractivity contribution in [3.05, 3.63) is 65.0 Å². The molecule has 0 atom stereocenters. The van der Waals surface area contributed by atoms with E-state index in [1.54, 1.807) is 12.1 Å². The highest BCUT2D eigenvalue weighted by Crippen LogP contribution is 2.27. The van der Waals surface area contributed by atoms with E-state index in [-0.39, 0.29) is 0 Å². The van der Waals surface area contributed by atoms with Crippen molar-refractivity contribution in [1.29, 1.82) is 0 Å². The minimum absolute atomic E-state index is 0.418. The molecule has 0 aliphatic heterocycles. The van der Waals surface area contributed by atoms with Gasteiger partial charge in [0.1, 0.15) is 0 Å². The number of benzene rings is 2. The molecular weight excluding hydrogens is 396 g/mol. The smallest absolute Gasteiger partial charge is 0.277 e. The van der Waals surface area contributed by atoms with Crippen LogP contribution in [0.15, 0.2) is 62.7 Å². The van der Waals surface area contributed by atoms with Crippen LogP contribution in [0.1, 0.15) is 31.2 Å². The lowest BCUT2D eigenvalue weighted by atomic mass is 10.0. The van der Waals surface area contributed by atoms with Crippen molar-refractivity contribution in [3.63, 3.8) is 0 Å². The molecule has 142 valence electrons. The highest BCUT2D eigenvalue weighted by molar-refractivity contribution is 7.98. The highest BCUT2D eigenvalue weighted by atomic mass is 35.5. The largest absolute Gasteiger partial charge is 0.411 e. The molecule has 8 heteroatoms. The monoisotopic (exact) mass is 412 g/mol. The van der Waals surface area contributed by atoms with Crippen molar-refractivity contribution < 1.29 is 8.94 Å². The van der Waals surface area contributed by atoms with Crippen LogP contribution < -0.4 is 0 Å². The third-order valence-electron chi connectivity index (χ3n) is 4.10. The van der Waals surface area contributed by atoms with E-state index in [1.807, 2.05) is 24.3 Å². The van der Waals surface area contributed by atoms with Crippen LogP contribution in [0.5, 0.6) is 0 Å². The molecule has 0 fully saturated rings. The van der Waals surface area contributed by atoms with Gasteiger partial charge in [-0.3, -0.25) is 0 Å². The van der Waals surface area contributed by atoms with Gasteiger partial charge in [-0.15, -0.1) is 10.2 Å². The summed E-state index contributed by atoms with van der Waals surface area (Å²) in [7, 11) is 0. The Morgan fingerprint density at radius 2 is 1.86 bits per heavy atom. The Labute approximate surface area is 171 Å². The number of hydrogen-bond donors (Lipinski definition) is 0. The van der Waals surface area contributed by atoms with Crippen LogP contribution in [-0.2, 0) is 5.75 Å². The van der Waals surface area contributed by atoms with E-state index >= 15 is 0 Å². The lowest BCUT2D eigenvalue weighted by Gasteiger charge is -2.04. The van der Waals surface area contributed by atoms with Crippen LogP contribution >= 0.6 is 23.4 Å². The molecule has 0 bridgehead atoms. The molecule has 0 radical (unpaired) electrons. The van der Waals surface area contributed by atoms with Gasteiger partial charge in [0.15, 0.2) is 0 Å². The topological polar surface area (TPSA) is 77.8 Å². The molecule has 4 rings (SSSR count). The first-order valence-electron chi connectivity index (χ1n) is 8.73. The normalized spacial score (nSPS) is 11.3. The van der Waals surface area contributed by atoms with Crippen molar-refractivity contribution in [2.45, 2.75) is 30.7 Å². The van der Waals surface area contributed by atoms with Crippen molar-refractivity contribution in [1.82, 2.24) is 20.3 Å². The summed E-state index contributed by atoms with van der Waals surface area (Å²) in [6.07, 6.45) is 0. The minimum atomic E-state index is 0.418. The first-order chi connectivity index (χ1) is 13.6. The van der Waals surface area contributed by atoms with Crippen LogP contribution in [0, 0.1) is 0 Å². The number of halogens is 1. The van der Waals surface area contributed by atoms with E-state index in [4.69, 9.17) is 20.5 Å². The summed E-state index contributed by atoms with van der Waals surface area (Å²) in [5, 5.41) is 13.2. The van der Waals surface area contributed by atoms with Crippen LogP contribution in [0.4, 0.5) is 0 Å². The van der Waals surface area contributed by atoms with Crippen molar-refractivity contribution in [3.8, 4) is 22.8 Å². The Morgan fingerprint density at radius 1 is 1.04 bits per heavy atom. The van der Waals surface area contributed by atoms with E-state index in [1.165, 1.54) is 17.3 Å². The zero-order valence-corrected chi connectivity index (χ0v) is 16.9. The Hall–Kier alpha value is -2.64. The predicted molar refractivity (Wildman–Crippen MR) is 108 cm³/mol. The molecule has 6 nitrogen and oxygen atoms in total. The Balaban J connectivity index is 1.41. The molecule has 2 aromatic carbocycles. The Kier molecular flexibility index (Phi) is 5.45. The average molecular weight is 413 g/mol. The predicted octanol–water partition coefficient (Wildman–Crippen LogP) is 5.86. The van der Waals surface area contributed by atoms with Gasteiger partial charge in [0.25, 0.3) is 5.22 Å². The second kappa shape index (κ2) is 8.16. The summed E-state index contributed by atoms with van der Waals surface area (Å²) < 4.78 is 11.0. The molecule has 0 aliphatic rings. The van der Waals surface area contributed by atoms with Gasteiger partial charge in [0.2, 0.25) is 17.6 Å². The third kappa shape index (κ3) is 4.26. The first-order valence-corrected chi connectivity index (χ1v) is 10.1. The number of nitrogens with zero attached hydrogens (tertiary/aromatic N) is 4. The van der Waals surface area contributed by atoms with Crippen molar-refractivity contribution >= 4 is 23.4 Å². The van der Waals surface area contributed by atoms with Gasteiger partial charge in [0.05, 0.1) is 5.75 Å². The summed E-state index contributed by atoms with van der Waals surface area (Å²) in [5.41, 5.74) is 2.97. The zero-order chi connectivity index (χ0) is 19.5. The molecule has 2 aromatic heterocycles. The van der Waals surface area contributed by atoms with E-state index in [2.05, 4.69) is 46.3 Å². The molecule has 0 spiro atoms. The fraction of sp³-hybridized carbons (Fsp3) is 0.200. The summed E-state index contributed by atoms with van der Waals surface area (Å²) in [6, 6.07) is 15.4. The summed E-state index contributed by atoms with van der Waals surface area (Å²) in [5.74, 6) is 2.40. The van der Waals surface area contributed by atoms with Gasteiger partial charge in [-0.05, 0) is 29.7 Å². The second-order valence-electron chi connectivity index (χ2n) is 6.46. The van der Waals surface area contributed by atoms with Gasteiger partial charge < -0.3 is 8.94 Å². The fourth-order valence-corrected chi connectivity index (χ4v) is 3.37. The standard InChI is InChI=1S/C20H17ClN4O2S/c1-12(2)13-6-8-14(9-7-13)18-22-17(27-25-18)11-28-20-24-23-19(26-20)15-4-3-5-16(21)10-15/h3-10,12H,11H2,1-2H3. The van der Waals surface area contributed by atoms with E-state index in [0.717, 1.165) is 11.1 Å². The molecule has 0 saturated carbocycles. The van der Waals surface area contributed by atoms with Gasteiger partial charge in [-0.2, -0.15) is 4.98 Å². The fourth-order valence-electron chi connectivity index (χ4n) is 2.58. The lowest BCUT2D eigenvalue weighted by molar-refractivity contribution is 0.391. The SMILES string of the molecule is CC(C)c1ccc(-c2noc(CSc3nnc(-c4cccc(Cl)c4)o3)n2)cc1. The Bertz CT molecular complexity index is 1080. The van der Waals surface area contributed by atoms with Crippen LogP contribution in [0.3, 0.4) is 0 Å². The molecule has 0 unspecified atom stereocenters. The maximum atomic E-state index is 6.00. The molecule has 28 heavy (non-hydrogen) atoms. The number of aromatic nitrogens is 4. The van der Waals surface area contributed by atoms with Crippen LogP contribution in [0.25, 0.3) is 22.8 Å². The van der Waals surface area contributed by atoms with Gasteiger partial charge in [-0.25, -0.2) is 0 Å². The van der Waals surface area contributed by atoms with E-state index in [0.29, 0.717) is 39.5 Å². The van der Waals surface area contributed by atoms with Crippen LogP contribution in [-0.4, -0.2) is 20.3 Å². The molecule has 0 aliphatic carbocycles. The average Bonchev–Trinajstić information content (AvgIpc) is 3.36. The highest BCUT2D eigenvalue weighted by Gasteiger charge is 2.13. The van der Waals surface area contributed by atoms with Gasteiger partial charge >= 0.3 is 0 Å². The lowest BCUT2D eigenvalue weighted by Crippen LogP contribution is -1.88. The van der Waals surface area contributed by atoms with Gasteiger partial charge in [0, 0.05) is 16.1 Å². The third-order valence-corrected chi connectivity index (χ3v) is 5.14. The van der Waals surface area contributed by atoms with Crippen molar-refractivity contribution in [2.24, 2.45) is 0 Å². The first kappa shape index (κ1) is 18.7. The quantitative estimate of drug-likeness (QED) is 0.367. The zero-order valence-electron chi connectivity index (χ0n) is 15.3. The maximum absolute atomic E-state index is 6.00. The maximum Gasteiger partial charge on any atom is 0.277 e. The molecule has 2 heterocycles. The van der Waals surface area contributed by atoms with E-state index in [9.17, 15) is 0 Å². The molecule has 0 saturated heterocycles. The molecule has 0 N–H and O–H groups in total. The Morgan fingerprint density at radius 3 is 2.61 bits per heavy atom. The second-order valence-corrected chi connectivity index (χ2v) is 7.82. The summed E-state index contributed by atoms with van der Waals surface area (Å²) in [6.45, 7) is 4.32.